The summed E-state index contributed by atoms with van der Waals surface area (Å²) in [5, 5.41) is 0. The Morgan fingerprint density at radius 2 is 2.00 bits per heavy atom. The molecule has 0 saturated heterocycles. The minimum atomic E-state index is 0.729. The zero-order valence-electron chi connectivity index (χ0n) is 8.30. The lowest BCUT2D eigenvalue weighted by Crippen LogP contribution is -2.32. The van der Waals surface area contributed by atoms with Gasteiger partial charge in [-0.2, -0.15) is 0 Å². The Labute approximate surface area is 70.8 Å². The summed E-state index contributed by atoms with van der Waals surface area (Å²) in [6, 6.07) is 0.729. The summed E-state index contributed by atoms with van der Waals surface area (Å²) in [5.74, 6) is 2.01. The first kappa shape index (κ1) is 9.05. The Balaban J connectivity index is 2.21. The molecule has 1 aliphatic carbocycles. The average molecular weight is 155 g/mol. The first-order valence-corrected chi connectivity index (χ1v) is 4.89. The zero-order valence-corrected chi connectivity index (χ0v) is 8.30. The molecular formula is C10H21N. The van der Waals surface area contributed by atoms with Crippen LogP contribution in [-0.4, -0.2) is 24.0 Å². The average Bonchev–Trinajstić information content (AvgIpc) is 2.61. The van der Waals surface area contributed by atoms with Crippen LogP contribution in [0.3, 0.4) is 0 Å². The molecular weight excluding hydrogens is 134 g/mol. The molecule has 1 rings (SSSR count). The van der Waals surface area contributed by atoms with E-state index in [2.05, 4.69) is 32.6 Å². The van der Waals surface area contributed by atoms with Gasteiger partial charge in [0.15, 0.2) is 0 Å². The van der Waals surface area contributed by atoms with Crippen molar-refractivity contribution in [1.82, 2.24) is 4.90 Å². The smallest absolute Gasteiger partial charge is 0.00385 e. The summed E-state index contributed by atoms with van der Waals surface area (Å²) in [7, 11) is 0. The summed E-state index contributed by atoms with van der Waals surface area (Å²) in [5.41, 5.74) is 0. The number of hydrogen-bond donors (Lipinski definition) is 0. The van der Waals surface area contributed by atoms with E-state index in [1.807, 2.05) is 0 Å². The van der Waals surface area contributed by atoms with Crippen molar-refractivity contribution < 1.29 is 0 Å². The van der Waals surface area contributed by atoms with Crippen molar-refractivity contribution in [1.29, 1.82) is 0 Å². The zero-order chi connectivity index (χ0) is 8.43. The Bertz CT molecular complexity index is 120. The first-order valence-electron chi connectivity index (χ1n) is 4.89. The second kappa shape index (κ2) is 3.57. The monoisotopic (exact) mass is 155 g/mol. The van der Waals surface area contributed by atoms with Gasteiger partial charge < -0.3 is 4.90 Å². The normalized spacial score (nSPS) is 30.0. The highest BCUT2D eigenvalue weighted by atomic mass is 15.1. The highest BCUT2D eigenvalue weighted by Crippen LogP contribution is 2.38. The summed E-state index contributed by atoms with van der Waals surface area (Å²) in [6.45, 7) is 11.7. The molecule has 66 valence electrons. The van der Waals surface area contributed by atoms with Crippen molar-refractivity contribution in [2.45, 2.75) is 40.2 Å². The Morgan fingerprint density at radius 3 is 2.27 bits per heavy atom. The van der Waals surface area contributed by atoms with Gasteiger partial charge in [-0.15, -0.1) is 0 Å². The van der Waals surface area contributed by atoms with E-state index < -0.39 is 0 Å². The van der Waals surface area contributed by atoms with Crippen LogP contribution in [-0.2, 0) is 0 Å². The van der Waals surface area contributed by atoms with Crippen LogP contribution in [0.15, 0.2) is 0 Å². The maximum Gasteiger partial charge on any atom is 0.00385 e. The molecule has 1 aliphatic rings. The van der Waals surface area contributed by atoms with Crippen LogP contribution in [0.2, 0.25) is 0 Å². The Hall–Kier alpha value is -0.0400. The van der Waals surface area contributed by atoms with Crippen LogP contribution >= 0.6 is 0 Å². The Kier molecular flexibility index (Phi) is 2.94. The summed E-state index contributed by atoms with van der Waals surface area (Å²) in [4.78, 5) is 2.56. The lowest BCUT2D eigenvalue weighted by molar-refractivity contribution is 0.221. The number of hydrogen-bond acceptors (Lipinski definition) is 1. The van der Waals surface area contributed by atoms with Gasteiger partial charge in [-0.3, -0.25) is 0 Å². The molecule has 1 fully saturated rings. The standard InChI is InChI=1S/C10H21N/c1-5-11(8(2)3)7-10-6-9(10)4/h8-10H,5-7H2,1-4H3. The SMILES string of the molecule is CCN(CC1CC1C)C(C)C. The van der Waals surface area contributed by atoms with Crippen molar-refractivity contribution in [3.8, 4) is 0 Å². The van der Waals surface area contributed by atoms with Gasteiger partial charge in [-0.1, -0.05) is 13.8 Å². The maximum atomic E-state index is 2.56. The molecule has 0 spiro atoms. The molecule has 0 bridgehead atoms. The fourth-order valence-electron chi connectivity index (χ4n) is 1.66. The number of rotatable bonds is 4. The predicted octanol–water partition coefficient (Wildman–Crippen LogP) is 2.37. The minimum Gasteiger partial charge on any atom is -0.301 e. The summed E-state index contributed by atoms with van der Waals surface area (Å²) < 4.78 is 0. The quantitative estimate of drug-likeness (QED) is 0.602. The number of nitrogens with zero attached hydrogens (tertiary/aromatic N) is 1. The van der Waals surface area contributed by atoms with Crippen molar-refractivity contribution in [3.63, 3.8) is 0 Å². The maximum absolute atomic E-state index is 2.56. The largest absolute Gasteiger partial charge is 0.301 e. The van der Waals surface area contributed by atoms with E-state index >= 15 is 0 Å². The van der Waals surface area contributed by atoms with Crippen molar-refractivity contribution in [2.75, 3.05) is 13.1 Å². The van der Waals surface area contributed by atoms with Gasteiger partial charge in [0.25, 0.3) is 0 Å². The van der Waals surface area contributed by atoms with Crippen LogP contribution in [0.4, 0.5) is 0 Å². The summed E-state index contributed by atoms with van der Waals surface area (Å²) >= 11 is 0. The van der Waals surface area contributed by atoms with Gasteiger partial charge in [0, 0.05) is 12.6 Å². The molecule has 0 aromatic carbocycles. The lowest BCUT2D eigenvalue weighted by Gasteiger charge is -2.24. The van der Waals surface area contributed by atoms with E-state index in [1.165, 1.54) is 19.5 Å². The molecule has 0 aromatic rings. The highest BCUT2D eigenvalue weighted by Gasteiger charge is 2.33. The molecule has 0 aliphatic heterocycles. The molecule has 2 unspecified atom stereocenters. The van der Waals surface area contributed by atoms with Crippen LogP contribution in [0.25, 0.3) is 0 Å². The minimum absolute atomic E-state index is 0.729. The van der Waals surface area contributed by atoms with E-state index in [-0.39, 0.29) is 0 Å². The summed E-state index contributed by atoms with van der Waals surface area (Å²) in [6.07, 6.45) is 1.46. The van der Waals surface area contributed by atoms with E-state index in [9.17, 15) is 0 Å². The highest BCUT2D eigenvalue weighted by molar-refractivity contribution is 4.85. The van der Waals surface area contributed by atoms with Crippen molar-refractivity contribution >= 4 is 0 Å². The van der Waals surface area contributed by atoms with Crippen LogP contribution in [0, 0.1) is 11.8 Å². The van der Waals surface area contributed by atoms with E-state index in [0.717, 1.165) is 17.9 Å². The molecule has 0 amide bonds. The van der Waals surface area contributed by atoms with Gasteiger partial charge in [-0.25, -0.2) is 0 Å². The van der Waals surface area contributed by atoms with Crippen molar-refractivity contribution in [2.24, 2.45) is 11.8 Å². The van der Waals surface area contributed by atoms with Gasteiger partial charge in [0.1, 0.15) is 0 Å². The third kappa shape index (κ3) is 2.48. The molecule has 0 aromatic heterocycles. The van der Waals surface area contributed by atoms with Crippen LogP contribution in [0.1, 0.15) is 34.1 Å². The van der Waals surface area contributed by atoms with Gasteiger partial charge in [-0.05, 0) is 38.6 Å². The van der Waals surface area contributed by atoms with Gasteiger partial charge in [0.05, 0.1) is 0 Å². The first-order chi connectivity index (χ1) is 5.15. The van der Waals surface area contributed by atoms with E-state index in [0.29, 0.717) is 0 Å². The third-order valence-corrected chi connectivity index (χ3v) is 2.88. The molecule has 0 N–H and O–H groups in total. The lowest BCUT2D eigenvalue weighted by atomic mass is 10.2. The van der Waals surface area contributed by atoms with Gasteiger partial charge in [0.2, 0.25) is 0 Å². The third-order valence-electron chi connectivity index (χ3n) is 2.88. The molecule has 1 saturated carbocycles. The van der Waals surface area contributed by atoms with Crippen LogP contribution in [0.5, 0.6) is 0 Å². The van der Waals surface area contributed by atoms with E-state index in [1.54, 1.807) is 0 Å². The molecule has 0 heterocycles. The molecule has 1 heteroatoms. The predicted molar refractivity (Wildman–Crippen MR) is 49.7 cm³/mol. The molecule has 2 atom stereocenters. The fraction of sp³-hybridized carbons (Fsp3) is 1.00. The molecule has 11 heavy (non-hydrogen) atoms. The Morgan fingerprint density at radius 1 is 1.45 bits per heavy atom. The van der Waals surface area contributed by atoms with Crippen molar-refractivity contribution in [3.05, 3.63) is 0 Å². The topological polar surface area (TPSA) is 3.24 Å². The van der Waals surface area contributed by atoms with E-state index in [4.69, 9.17) is 0 Å². The van der Waals surface area contributed by atoms with Crippen LogP contribution < -0.4 is 0 Å². The second-order valence-electron chi connectivity index (χ2n) is 4.15. The molecule has 1 nitrogen and oxygen atoms in total. The molecule has 0 radical (unpaired) electrons. The fourth-order valence-corrected chi connectivity index (χ4v) is 1.66. The van der Waals surface area contributed by atoms with Gasteiger partial charge >= 0.3 is 0 Å². The second-order valence-corrected chi connectivity index (χ2v) is 4.15.